The SMILES string of the molecule is CCc1ccc(NC(=O)NC2CCN(c3ccc(C)cc3)C2=O)cc1. The average molecular weight is 337 g/mol. The molecule has 1 saturated heterocycles. The monoisotopic (exact) mass is 337 g/mol. The lowest BCUT2D eigenvalue weighted by Crippen LogP contribution is -2.43. The molecular weight excluding hydrogens is 314 g/mol. The Labute approximate surface area is 148 Å². The standard InChI is InChI=1S/C20H23N3O2/c1-3-15-6-8-16(9-7-15)21-20(25)22-18-12-13-23(19(18)24)17-10-4-14(2)5-11-17/h4-11,18H,3,12-13H2,1-2H3,(H2,21,22,25). The summed E-state index contributed by atoms with van der Waals surface area (Å²) in [6, 6.07) is 14.7. The van der Waals surface area contributed by atoms with Gasteiger partial charge >= 0.3 is 6.03 Å². The molecule has 3 amide bonds. The molecule has 1 atom stereocenters. The number of carbonyl (C=O) groups is 2. The van der Waals surface area contributed by atoms with Gasteiger partial charge in [-0.25, -0.2) is 4.79 Å². The molecule has 130 valence electrons. The Bertz CT molecular complexity index is 754. The minimum absolute atomic E-state index is 0.0691. The number of urea groups is 1. The zero-order valence-corrected chi connectivity index (χ0v) is 14.6. The maximum Gasteiger partial charge on any atom is 0.319 e. The molecule has 0 bridgehead atoms. The molecule has 1 fully saturated rings. The summed E-state index contributed by atoms with van der Waals surface area (Å²) in [6.45, 7) is 4.70. The molecule has 2 aromatic rings. The first-order valence-corrected chi connectivity index (χ1v) is 8.61. The Balaban J connectivity index is 1.58. The topological polar surface area (TPSA) is 61.4 Å². The fourth-order valence-corrected chi connectivity index (χ4v) is 2.94. The first-order chi connectivity index (χ1) is 12.1. The van der Waals surface area contributed by atoms with E-state index in [1.807, 2.05) is 55.5 Å². The van der Waals surface area contributed by atoms with Crippen molar-refractivity contribution in [3.8, 4) is 0 Å². The van der Waals surface area contributed by atoms with Crippen LogP contribution in [0.3, 0.4) is 0 Å². The van der Waals surface area contributed by atoms with Gasteiger partial charge in [0.15, 0.2) is 0 Å². The largest absolute Gasteiger partial charge is 0.326 e. The third-order valence-electron chi connectivity index (χ3n) is 4.48. The predicted molar refractivity (Wildman–Crippen MR) is 99.9 cm³/mol. The highest BCUT2D eigenvalue weighted by Gasteiger charge is 2.33. The van der Waals surface area contributed by atoms with Crippen molar-refractivity contribution in [3.05, 3.63) is 59.7 Å². The lowest BCUT2D eigenvalue weighted by Gasteiger charge is -2.17. The molecule has 1 aliphatic heterocycles. The third kappa shape index (κ3) is 3.99. The summed E-state index contributed by atoms with van der Waals surface area (Å²) in [6.07, 6.45) is 1.56. The molecule has 0 aromatic heterocycles. The van der Waals surface area contributed by atoms with Crippen LogP contribution in [0.25, 0.3) is 0 Å². The normalized spacial score (nSPS) is 16.8. The lowest BCUT2D eigenvalue weighted by atomic mass is 10.1. The van der Waals surface area contributed by atoms with E-state index in [0.717, 1.165) is 23.4 Å². The van der Waals surface area contributed by atoms with Crippen molar-refractivity contribution in [3.63, 3.8) is 0 Å². The van der Waals surface area contributed by atoms with Gasteiger partial charge in [0.25, 0.3) is 0 Å². The summed E-state index contributed by atoms with van der Waals surface area (Å²) in [7, 11) is 0. The molecule has 5 heteroatoms. The molecule has 2 N–H and O–H groups in total. The van der Waals surface area contributed by atoms with E-state index in [4.69, 9.17) is 0 Å². The minimum atomic E-state index is -0.490. The number of amides is 3. The van der Waals surface area contributed by atoms with E-state index in [1.165, 1.54) is 5.56 Å². The fourth-order valence-electron chi connectivity index (χ4n) is 2.94. The molecule has 5 nitrogen and oxygen atoms in total. The Morgan fingerprint density at radius 2 is 1.80 bits per heavy atom. The third-order valence-corrected chi connectivity index (χ3v) is 4.48. The summed E-state index contributed by atoms with van der Waals surface area (Å²) in [5.41, 5.74) is 3.95. The van der Waals surface area contributed by atoms with Crippen molar-refractivity contribution in [2.75, 3.05) is 16.8 Å². The van der Waals surface area contributed by atoms with Crippen LogP contribution in [0, 0.1) is 6.92 Å². The van der Waals surface area contributed by atoms with Crippen LogP contribution in [0.2, 0.25) is 0 Å². The van der Waals surface area contributed by atoms with E-state index in [1.54, 1.807) is 4.90 Å². The van der Waals surface area contributed by atoms with Gasteiger partial charge < -0.3 is 15.5 Å². The molecule has 0 spiro atoms. The second-order valence-corrected chi connectivity index (χ2v) is 6.32. The Kier molecular flexibility index (Phi) is 5.03. The Morgan fingerprint density at radius 3 is 2.44 bits per heavy atom. The van der Waals surface area contributed by atoms with Gasteiger partial charge in [0.2, 0.25) is 5.91 Å². The van der Waals surface area contributed by atoms with Crippen molar-refractivity contribution < 1.29 is 9.59 Å². The average Bonchev–Trinajstić information content (AvgIpc) is 2.97. The van der Waals surface area contributed by atoms with Gasteiger partial charge in [-0.2, -0.15) is 0 Å². The highest BCUT2D eigenvalue weighted by Crippen LogP contribution is 2.22. The van der Waals surface area contributed by atoms with E-state index in [-0.39, 0.29) is 11.9 Å². The van der Waals surface area contributed by atoms with Crippen molar-refractivity contribution >= 4 is 23.3 Å². The van der Waals surface area contributed by atoms with Crippen LogP contribution in [-0.4, -0.2) is 24.5 Å². The number of hydrogen-bond acceptors (Lipinski definition) is 2. The lowest BCUT2D eigenvalue weighted by molar-refractivity contribution is -0.118. The Hall–Kier alpha value is -2.82. The highest BCUT2D eigenvalue weighted by molar-refractivity contribution is 6.02. The van der Waals surface area contributed by atoms with Crippen LogP contribution in [-0.2, 0) is 11.2 Å². The van der Waals surface area contributed by atoms with E-state index in [0.29, 0.717) is 13.0 Å². The number of aryl methyl sites for hydroxylation is 2. The first kappa shape index (κ1) is 17.0. The summed E-state index contributed by atoms with van der Waals surface area (Å²) in [4.78, 5) is 26.4. The summed E-state index contributed by atoms with van der Waals surface area (Å²) in [5, 5.41) is 5.56. The van der Waals surface area contributed by atoms with Crippen molar-refractivity contribution in [1.82, 2.24) is 5.32 Å². The van der Waals surface area contributed by atoms with Crippen molar-refractivity contribution in [2.45, 2.75) is 32.7 Å². The van der Waals surface area contributed by atoms with Crippen molar-refractivity contribution in [2.24, 2.45) is 0 Å². The van der Waals surface area contributed by atoms with Crippen LogP contribution in [0.1, 0.15) is 24.5 Å². The maximum absolute atomic E-state index is 12.5. The summed E-state index contributed by atoms with van der Waals surface area (Å²) >= 11 is 0. The number of nitrogens with one attached hydrogen (secondary N) is 2. The number of nitrogens with zero attached hydrogens (tertiary/aromatic N) is 1. The van der Waals surface area contributed by atoms with E-state index in [9.17, 15) is 9.59 Å². The molecule has 3 rings (SSSR count). The van der Waals surface area contributed by atoms with Gasteiger partial charge in [0, 0.05) is 17.9 Å². The van der Waals surface area contributed by atoms with Crippen LogP contribution in [0.15, 0.2) is 48.5 Å². The van der Waals surface area contributed by atoms with Crippen LogP contribution < -0.4 is 15.5 Å². The number of carbonyl (C=O) groups excluding carboxylic acids is 2. The number of anilines is 2. The second-order valence-electron chi connectivity index (χ2n) is 6.32. The van der Waals surface area contributed by atoms with E-state index in [2.05, 4.69) is 17.6 Å². The molecule has 0 saturated carbocycles. The highest BCUT2D eigenvalue weighted by atomic mass is 16.2. The molecular formula is C20H23N3O2. The van der Waals surface area contributed by atoms with Crippen molar-refractivity contribution in [1.29, 1.82) is 0 Å². The molecule has 0 radical (unpaired) electrons. The zero-order valence-electron chi connectivity index (χ0n) is 14.6. The summed E-state index contributed by atoms with van der Waals surface area (Å²) < 4.78 is 0. The van der Waals surface area contributed by atoms with Gasteiger partial charge in [-0.15, -0.1) is 0 Å². The van der Waals surface area contributed by atoms with Crippen LogP contribution in [0.5, 0.6) is 0 Å². The first-order valence-electron chi connectivity index (χ1n) is 8.61. The van der Waals surface area contributed by atoms with E-state index >= 15 is 0 Å². The second kappa shape index (κ2) is 7.38. The fraction of sp³-hybridized carbons (Fsp3) is 0.300. The molecule has 2 aromatic carbocycles. The molecule has 0 aliphatic carbocycles. The zero-order chi connectivity index (χ0) is 17.8. The Morgan fingerprint density at radius 1 is 1.12 bits per heavy atom. The molecule has 1 unspecified atom stereocenters. The van der Waals surface area contributed by atoms with Gasteiger partial charge in [0.1, 0.15) is 6.04 Å². The number of benzene rings is 2. The van der Waals surface area contributed by atoms with Crippen LogP contribution >= 0.6 is 0 Å². The maximum atomic E-state index is 12.5. The number of rotatable bonds is 4. The molecule has 25 heavy (non-hydrogen) atoms. The molecule has 1 heterocycles. The smallest absolute Gasteiger partial charge is 0.319 e. The summed E-state index contributed by atoms with van der Waals surface area (Å²) in [5.74, 6) is -0.0691. The van der Waals surface area contributed by atoms with E-state index < -0.39 is 6.04 Å². The molecule has 1 aliphatic rings. The van der Waals surface area contributed by atoms with Gasteiger partial charge in [-0.05, 0) is 49.6 Å². The number of hydrogen-bond donors (Lipinski definition) is 2. The van der Waals surface area contributed by atoms with Gasteiger partial charge in [-0.1, -0.05) is 36.8 Å². The quantitative estimate of drug-likeness (QED) is 0.897. The van der Waals surface area contributed by atoms with Gasteiger partial charge in [0.05, 0.1) is 0 Å². The van der Waals surface area contributed by atoms with Gasteiger partial charge in [-0.3, -0.25) is 4.79 Å². The predicted octanol–water partition coefficient (Wildman–Crippen LogP) is 3.48. The minimum Gasteiger partial charge on any atom is -0.326 e. The van der Waals surface area contributed by atoms with Crippen LogP contribution in [0.4, 0.5) is 16.2 Å².